The van der Waals surface area contributed by atoms with Crippen LogP contribution in [0.25, 0.3) is 0 Å². The molecule has 0 heterocycles. The first-order valence-electron chi connectivity index (χ1n) is 8.88. The van der Waals surface area contributed by atoms with Crippen LogP contribution in [-0.2, 0) is 10.1 Å². The minimum absolute atomic E-state index is 1.49. The molecule has 0 aliphatic heterocycles. The van der Waals surface area contributed by atoms with Gasteiger partial charge in [-0.05, 0) is 14.1 Å². The summed E-state index contributed by atoms with van der Waals surface area (Å²) in [6.07, 6.45) is 0. The molecule has 2 N–H and O–H groups in total. The topological polar surface area (TPSA) is 66.4 Å². The molecule has 0 rings (SSSR count). The van der Waals surface area contributed by atoms with E-state index < -0.39 is 81.5 Å². The van der Waals surface area contributed by atoms with Gasteiger partial charge in [0.1, 0.15) is 0 Å². The van der Waals surface area contributed by atoms with Crippen LogP contribution < -0.4 is 5.32 Å². The SMILES string of the molecule is CC(F)(F)C(F)(F)C(F)(F)C(F)(F)C(F)(F)C(F)(F)C(F)(F)C(F)(F)C(F)(F)C(F)(F)C(F)(F)S(=O)(=O)O.CNC. The Balaban J connectivity index is 0. The Hall–Kier alpha value is -1.67. The summed E-state index contributed by atoms with van der Waals surface area (Å²) in [5, 5.41) is -5.35. The van der Waals surface area contributed by atoms with E-state index in [1.807, 2.05) is 14.1 Å². The quantitative estimate of drug-likeness (QED) is 0.188. The van der Waals surface area contributed by atoms with Crippen molar-refractivity contribution in [3.63, 3.8) is 0 Å². The molecule has 0 bridgehead atoms. The van der Waals surface area contributed by atoms with Crippen LogP contribution in [0.15, 0.2) is 0 Å². The number of nitrogens with one attached hydrogen (secondary N) is 1. The first-order chi connectivity index (χ1) is 17.2. The van der Waals surface area contributed by atoms with Gasteiger partial charge >= 0.3 is 74.6 Å². The fourth-order valence-corrected chi connectivity index (χ4v) is 2.45. The van der Waals surface area contributed by atoms with Crippen LogP contribution >= 0.6 is 0 Å². The van der Waals surface area contributed by atoms with Crippen LogP contribution in [0.3, 0.4) is 0 Å². The van der Waals surface area contributed by atoms with Crippen molar-refractivity contribution < 1.29 is 110 Å². The molecule has 0 unspecified atom stereocenters. The molecule has 4 nitrogen and oxygen atoms in total. The van der Waals surface area contributed by atoms with Gasteiger partial charge in [-0.2, -0.15) is 105 Å². The lowest BCUT2D eigenvalue weighted by Crippen LogP contribution is -2.78. The number of hydrogen-bond acceptors (Lipinski definition) is 3. The number of rotatable bonds is 11. The summed E-state index contributed by atoms with van der Waals surface area (Å²) in [5.74, 6) is -88.0. The first-order valence-corrected chi connectivity index (χ1v) is 10.3. The highest BCUT2D eigenvalue weighted by Gasteiger charge is 2.99. The van der Waals surface area contributed by atoms with Gasteiger partial charge in [0.25, 0.3) is 0 Å². The second kappa shape index (κ2) is 10.5. The standard InChI is InChI=1S/C12H4F22O3S.C2H7N/c1-2(13,14)3(15,16)4(17,18)5(19,20)6(21,22)7(23,24)8(25,26)9(27,28)10(29,30)11(31,32)12(33,34)38(35,36)37;1-3-2/h1H3,(H,35,36,37);3H,1-2H3. The maximum absolute atomic E-state index is 13.5. The van der Waals surface area contributed by atoms with E-state index in [9.17, 15) is 105 Å². The average Bonchev–Trinajstić information content (AvgIpc) is 2.71. The average molecular weight is 691 g/mol. The number of halogens is 22. The largest absolute Gasteiger partial charge is 0.438 e. The molecule has 0 radical (unpaired) electrons. The molecule has 0 aromatic rings. The van der Waals surface area contributed by atoms with E-state index in [0.29, 0.717) is 0 Å². The fraction of sp³-hybridized carbons (Fsp3) is 1.00. The van der Waals surface area contributed by atoms with Crippen LogP contribution in [0, 0.1) is 0 Å². The highest BCUT2D eigenvalue weighted by molar-refractivity contribution is 7.87. The predicted molar refractivity (Wildman–Crippen MR) is 86.6 cm³/mol. The van der Waals surface area contributed by atoms with Gasteiger partial charge in [0, 0.05) is 6.92 Å². The predicted octanol–water partition coefficient (Wildman–Crippen LogP) is 6.68. The van der Waals surface area contributed by atoms with Crippen molar-refractivity contribution in [2.45, 2.75) is 71.4 Å². The summed E-state index contributed by atoms with van der Waals surface area (Å²) in [7, 11) is -4.39. The lowest BCUT2D eigenvalue weighted by Gasteiger charge is -2.45. The van der Waals surface area contributed by atoms with Gasteiger partial charge in [-0.3, -0.25) is 4.55 Å². The first kappa shape index (κ1) is 41.5. The number of hydrogen-bond donors (Lipinski definition) is 2. The number of alkyl halides is 22. The van der Waals surface area contributed by atoms with Gasteiger partial charge in [0.05, 0.1) is 0 Å². The maximum Gasteiger partial charge on any atom is 0.438 e. The van der Waals surface area contributed by atoms with Crippen molar-refractivity contribution in [2.24, 2.45) is 0 Å². The molecular weight excluding hydrogens is 680 g/mol. The molecular formula is C14H11F22NO3S. The van der Waals surface area contributed by atoms with Gasteiger partial charge in [-0.15, -0.1) is 0 Å². The van der Waals surface area contributed by atoms with Crippen molar-refractivity contribution in [3.05, 3.63) is 0 Å². The molecule has 0 spiro atoms. The second-order valence-corrected chi connectivity index (χ2v) is 9.01. The third-order valence-electron chi connectivity index (χ3n) is 4.40. The van der Waals surface area contributed by atoms with E-state index >= 15 is 0 Å². The molecule has 0 atom stereocenters. The summed E-state index contributed by atoms with van der Waals surface area (Å²) in [6.45, 7) is -1.49. The third-order valence-corrected chi connectivity index (χ3v) is 5.30. The lowest BCUT2D eigenvalue weighted by molar-refractivity contribution is -0.471. The molecule has 0 saturated carbocycles. The Morgan fingerprint density at radius 2 is 0.561 bits per heavy atom. The highest BCUT2D eigenvalue weighted by atomic mass is 32.2. The van der Waals surface area contributed by atoms with Crippen LogP contribution in [-0.4, -0.2) is 91.5 Å². The molecule has 0 fully saturated rings. The smallest absolute Gasteiger partial charge is 0.323 e. The summed E-state index contributed by atoms with van der Waals surface area (Å²) < 4.78 is 318. The van der Waals surface area contributed by atoms with E-state index in [1.165, 1.54) is 0 Å². The van der Waals surface area contributed by atoms with Crippen LogP contribution in [0.1, 0.15) is 6.92 Å². The van der Waals surface area contributed by atoms with E-state index in [0.717, 1.165) is 0 Å². The molecule has 27 heteroatoms. The Labute approximate surface area is 211 Å². The van der Waals surface area contributed by atoms with Crippen LogP contribution in [0.5, 0.6) is 0 Å². The van der Waals surface area contributed by atoms with Gasteiger partial charge in [-0.1, -0.05) is 0 Å². The highest BCUT2D eigenvalue weighted by Crippen LogP contribution is 2.67. The zero-order valence-electron chi connectivity index (χ0n) is 19.0. The molecule has 0 aliphatic rings. The molecule has 0 aromatic carbocycles. The zero-order valence-corrected chi connectivity index (χ0v) is 19.8. The van der Waals surface area contributed by atoms with Crippen molar-refractivity contribution >= 4 is 10.1 Å². The van der Waals surface area contributed by atoms with Gasteiger partial charge < -0.3 is 5.32 Å². The fourth-order valence-electron chi connectivity index (χ4n) is 2.00. The van der Waals surface area contributed by atoms with E-state index in [2.05, 4.69) is 5.32 Å². The molecule has 0 amide bonds. The molecule has 0 saturated heterocycles. The van der Waals surface area contributed by atoms with Gasteiger partial charge in [0.2, 0.25) is 0 Å². The minimum Gasteiger partial charge on any atom is -0.323 e. The third kappa shape index (κ3) is 5.34. The maximum atomic E-state index is 13.5. The normalized spacial score (nSPS) is 16.3. The lowest BCUT2D eigenvalue weighted by atomic mass is 9.85. The molecule has 250 valence electrons. The Bertz CT molecular complexity index is 1030. The Kier molecular flexibility index (Phi) is 10.6. The second-order valence-electron chi connectivity index (χ2n) is 7.55. The van der Waals surface area contributed by atoms with Crippen molar-refractivity contribution in [1.82, 2.24) is 5.32 Å². The van der Waals surface area contributed by atoms with E-state index in [4.69, 9.17) is 4.55 Å². The Morgan fingerprint density at radius 3 is 0.707 bits per heavy atom. The molecule has 0 aliphatic carbocycles. The van der Waals surface area contributed by atoms with Crippen LogP contribution in [0.2, 0.25) is 0 Å². The van der Waals surface area contributed by atoms with Gasteiger partial charge in [0.15, 0.2) is 0 Å². The molecule has 41 heavy (non-hydrogen) atoms. The Morgan fingerprint density at radius 1 is 0.415 bits per heavy atom. The van der Waals surface area contributed by atoms with Gasteiger partial charge in [-0.25, -0.2) is 0 Å². The zero-order chi connectivity index (χ0) is 34.7. The summed E-state index contributed by atoms with van der Waals surface area (Å²) in [4.78, 5) is 0. The van der Waals surface area contributed by atoms with Crippen LogP contribution in [0.4, 0.5) is 96.6 Å². The van der Waals surface area contributed by atoms with Crippen molar-refractivity contribution in [2.75, 3.05) is 14.1 Å². The van der Waals surface area contributed by atoms with E-state index in [-0.39, 0.29) is 0 Å². The van der Waals surface area contributed by atoms with Crippen molar-refractivity contribution in [3.8, 4) is 0 Å². The summed E-state index contributed by atoms with van der Waals surface area (Å²) in [6, 6.07) is 0. The summed E-state index contributed by atoms with van der Waals surface area (Å²) in [5.41, 5.74) is 0. The summed E-state index contributed by atoms with van der Waals surface area (Å²) >= 11 is 0. The minimum atomic E-state index is -9.46. The van der Waals surface area contributed by atoms with E-state index in [1.54, 1.807) is 0 Å². The monoisotopic (exact) mass is 691 g/mol. The molecule has 0 aromatic heterocycles. The van der Waals surface area contributed by atoms with Crippen molar-refractivity contribution in [1.29, 1.82) is 0 Å².